The first-order valence-electron chi connectivity index (χ1n) is 10.5. The van der Waals surface area contributed by atoms with Gasteiger partial charge in [0.1, 0.15) is 0 Å². The van der Waals surface area contributed by atoms with E-state index in [1.165, 1.54) is 5.56 Å². The number of benzene rings is 2. The summed E-state index contributed by atoms with van der Waals surface area (Å²) in [6.45, 7) is 7.96. The van der Waals surface area contributed by atoms with Crippen molar-refractivity contribution in [3.8, 4) is 17.1 Å². The Kier molecular flexibility index (Phi) is 6.23. The van der Waals surface area contributed by atoms with E-state index in [2.05, 4.69) is 48.1 Å². The van der Waals surface area contributed by atoms with Crippen molar-refractivity contribution in [1.82, 2.24) is 15.2 Å². The van der Waals surface area contributed by atoms with Crippen molar-refractivity contribution in [2.75, 3.05) is 10.7 Å². The number of hydrogen-bond acceptors (Lipinski definition) is 6. The van der Waals surface area contributed by atoms with Gasteiger partial charge in [0.25, 0.3) is 0 Å². The summed E-state index contributed by atoms with van der Waals surface area (Å²) in [6.07, 6.45) is 0.298. The van der Waals surface area contributed by atoms with Crippen LogP contribution in [0, 0.1) is 5.92 Å². The highest BCUT2D eigenvalue weighted by atomic mass is 32.2. The van der Waals surface area contributed by atoms with Gasteiger partial charge in [0, 0.05) is 23.8 Å². The molecule has 1 aliphatic heterocycles. The van der Waals surface area contributed by atoms with Crippen molar-refractivity contribution < 1.29 is 9.53 Å². The highest BCUT2D eigenvalue weighted by Crippen LogP contribution is 2.43. The van der Waals surface area contributed by atoms with Gasteiger partial charge in [-0.2, -0.15) is 4.98 Å². The van der Waals surface area contributed by atoms with E-state index in [9.17, 15) is 4.79 Å². The Hall–Kier alpha value is -2.93. The summed E-state index contributed by atoms with van der Waals surface area (Å²) in [5.74, 6) is 1.67. The molecule has 0 N–H and O–H groups in total. The zero-order valence-electron chi connectivity index (χ0n) is 18.2. The maximum atomic E-state index is 12.8. The molecule has 1 aliphatic rings. The summed E-state index contributed by atoms with van der Waals surface area (Å²) in [5, 5.41) is 9.34. The number of carbonyl (C=O) groups is 1. The van der Waals surface area contributed by atoms with Crippen LogP contribution in [0.5, 0.6) is 5.88 Å². The Morgan fingerprint density at radius 3 is 2.55 bits per heavy atom. The molecule has 0 spiro atoms. The Morgan fingerprint density at radius 2 is 1.87 bits per heavy atom. The molecule has 0 saturated carbocycles. The fourth-order valence-electron chi connectivity index (χ4n) is 3.49. The molecule has 0 aliphatic carbocycles. The zero-order valence-corrected chi connectivity index (χ0v) is 19.0. The molecule has 0 unspecified atom stereocenters. The number of thioether (sulfide) groups is 1. The van der Waals surface area contributed by atoms with Gasteiger partial charge in [-0.05, 0) is 24.0 Å². The number of aryl methyl sites for hydroxylation is 1. The van der Waals surface area contributed by atoms with E-state index in [1.807, 2.05) is 36.4 Å². The summed E-state index contributed by atoms with van der Waals surface area (Å²) in [7, 11) is 0. The highest BCUT2D eigenvalue weighted by molar-refractivity contribution is 7.99. The number of carbonyl (C=O) groups excluding carboxylic acids is 1. The molecule has 3 aromatic rings. The van der Waals surface area contributed by atoms with Gasteiger partial charge in [0.15, 0.2) is 5.69 Å². The van der Waals surface area contributed by atoms with Crippen molar-refractivity contribution in [2.45, 2.75) is 45.5 Å². The minimum absolute atomic E-state index is 0.118. The largest absolute Gasteiger partial charge is 0.447 e. The first-order chi connectivity index (χ1) is 15.0. The molecule has 4 rings (SSSR count). The Balaban J connectivity index is 1.85. The maximum absolute atomic E-state index is 12.8. The summed E-state index contributed by atoms with van der Waals surface area (Å²) in [6, 6.07) is 15.8. The van der Waals surface area contributed by atoms with Gasteiger partial charge in [-0.3, -0.25) is 9.69 Å². The number of hydrogen-bond donors (Lipinski definition) is 0. The summed E-state index contributed by atoms with van der Waals surface area (Å²) in [4.78, 5) is 19.1. The normalized spacial score (nSPS) is 15.1. The van der Waals surface area contributed by atoms with E-state index in [-0.39, 0.29) is 5.91 Å². The number of fused-ring (bicyclic) bond motifs is 3. The van der Waals surface area contributed by atoms with Gasteiger partial charge >= 0.3 is 0 Å². The predicted molar refractivity (Wildman–Crippen MR) is 123 cm³/mol. The van der Waals surface area contributed by atoms with Crippen LogP contribution in [0.15, 0.2) is 53.7 Å². The molecule has 6 nitrogen and oxygen atoms in total. The first-order valence-corrected chi connectivity index (χ1v) is 11.5. The number of aromatic nitrogens is 3. The molecule has 0 saturated heterocycles. The van der Waals surface area contributed by atoms with Crippen molar-refractivity contribution in [2.24, 2.45) is 5.92 Å². The molecule has 0 fully saturated rings. The molecule has 1 atom stereocenters. The average molecular weight is 435 g/mol. The van der Waals surface area contributed by atoms with Gasteiger partial charge < -0.3 is 4.74 Å². The van der Waals surface area contributed by atoms with Crippen LogP contribution in [0.4, 0.5) is 5.69 Å². The smallest absolute Gasteiger partial charge is 0.247 e. The number of rotatable bonds is 5. The zero-order chi connectivity index (χ0) is 22.0. The molecule has 0 bridgehead atoms. The molecule has 2 heterocycles. The second-order valence-electron chi connectivity index (χ2n) is 7.92. The van der Waals surface area contributed by atoms with Crippen LogP contribution in [0.1, 0.15) is 45.0 Å². The fourth-order valence-corrected chi connectivity index (χ4v) is 4.22. The fraction of sp³-hybridized carbons (Fsp3) is 0.333. The van der Waals surface area contributed by atoms with Crippen molar-refractivity contribution in [1.29, 1.82) is 0 Å². The second kappa shape index (κ2) is 9.06. The summed E-state index contributed by atoms with van der Waals surface area (Å²) < 4.78 is 6.40. The van der Waals surface area contributed by atoms with E-state index in [0.29, 0.717) is 22.6 Å². The minimum atomic E-state index is -0.648. The Bertz CT molecular complexity index is 1090. The number of amides is 1. The van der Waals surface area contributed by atoms with Gasteiger partial charge in [0.05, 0.1) is 5.69 Å². The molecule has 7 heteroatoms. The number of nitrogens with zero attached hydrogens (tertiary/aromatic N) is 4. The molecule has 1 amide bonds. The van der Waals surface area contributed by atoms with Gasteiger partial charge in [-0.25, -0.2) is 0 Å². The third-order valence-corrected chi connectivity index (χ3v) is 6.33. The van der Waals surface area contributed by atoms with Crippen LogP contribution < -0.4 is 9.64 Å². The van der Waals surface area contributed by atoms with Crippen LogP contribution in [0.25, 0.3) is 11.3 Å². The van der Waals surface area contributed by atoms with Crippen LogP contribution in [-0.2, 0) is 11.2 Å². The molecular weight excluding hydrogens is 408 g/mol. The number of anilines is 1. The first kappa shape index (κ1) is 21.3. The molecule has 0 radical (unpaired) electrons. The highest BCUT2D eigenvalue weighted by Gasteiger charge is 2.34. The molecule has 1 aromatic heterocycles. The monoisotopic (exact) mass is 434 g/mol. The summed E-state index contributed by atoms with van der Waals surface area (Å²) >= 11 is 1.55. The Morgan fingerprint density at radius 1 is 1.13 bits per heavy atom. The van der Waals surface area contributed by atoms with Crippen molar-refractivity contribution in [3.63, 3.8) is 0 Å². The SMILES string of the molecule is CCc1ccc([C@@H]2Oc3nc(SCC(C)C)nnc3-c3ccccc3N2C(C)=O)cc1. The van der Waals surface area contributed by atoms with E-state index < -0.39 is 6.23 Å². The van der Waals surface area contributed by atoms with E-state index in [4.69, 9.17) is 4.74 Å². The van der Waals surface area contributed by atoms with Gasteiger partial charge in [-0.1, -0.05) is 75.0 Å². The second-order valence-corrected chi connectivity index (χ2v) is 8.91. The van der Waals surface area contributed by atoms with E-state index >= 15 is 0 Å². The van der Waals surface area contributed by atoms with Crippen LogP contribution in [0.3, 0.4) is 0 Å². The molecule has 2 aromatic carbocycles. The van der Waals surface area contributed by atoms with E-state index in [1.54, 1.807) is 23.6 Å². The lowest BCUT2D eigenvalue weighted by Gasteiger charge is -2.30. The van der Waals surface area contributed by atoms with Crippen LogP contribution >= 0.6 is 11.8 Å². The van der Waals surface area contributed by atoms with Crippen LogP contribution in [0.2, 0.25) is 0 Å². The molecule has 160 valence electrons. The van der Waals surface area contributed by atoms with Gasteiger partial charge in [-0.15, -0.1) is 10.2 Å². The topological polar surface area (TPSA) is 68.2 Å². The minimum Gasteiger partial charge on any atom is -0.447 e. The number of ether oxygens (including phenoxy) is 1. The van der Waals surface area contributed by atoms with E-state index in [0.717, 1.165) is 29.0 Å². The lowest BCUT2D eigenvalue weighted by molar-refractivity contribution is -0.118. The van der Waals surface area contributed by atoms with Gasteiger partial charge in [0.2, 0.25) is 23.2 Å². The quantitative estimate of drug-likeness (QED) is 0.508. The van der Waals surface area contributed by atoms with Crippen molar-refractivity contribution >= 4 is 23.4 Å². The standard InChI is InChI=1S/C24H26N4O2S/c1-5-17-10-12-18(13-11-17)23-28(16(4)29)20-9-7-6-8-19(20)21-22(30-23)25-24(27-26-21)31-14-15(2)3/h6-13,15,23H,5,14H2,1-4H3/t23-/m0/s1. The predicted octanol–water partition coefficient (Wildman–Crippen LogP) is 5.29. The summed E-state index contributed by atoms with van der Waals surface area (Å²) in [5.41, 5.74) is 4.16. The third-order valence-electron chi connectivity index (χ3n) is 5.07. The lowest BCUT2D eigenvalue weighted by Crippen LogP contribution is -2.36. The van der Waals surface area contributed by atoms with Crippen LogP contribution in [-0.4, -0.2) is 26.8 Å². The molecular formula is C24H26N4O2S. The van der Waals surface area contributed by atoms with Crippen molar-refractivity contribution in [3.05, 3.63) is 59.7 Å². The molecule has 31 heavy (non-hydrogen) atoms. The lowest BCUT2D eigenvalue weighted by atomic mass is 10.1. The average Bonchev–Trinajstić information content (AvgIpc) is 2.92. The Labute approximate surface area is 187 Å². The third kappa shape index (κ3) is 4.42. The maximum Gasteiger partial charge on any atom is 0.247 e. The number of para-hydroxylation sites is 1.